The molecule has 0 spiro atoms. The predicted octanol–water partition coefficient (Wildman–Crippen LogP) is 5.23. The molecular formula is C33H34F2N6O5. The molecule has 0 unspecified atom stereocenters. The summed E-state index contributed by atoms with van der Waals surface area (Å²) in [6, 6.07) is 11.8. The van der Waals surface area contributed by atoms with Crippen molar-refractivity contribution in [3.05, 3.63) is 72.2 Å². The Balaban J connectivity index is 1.08. The van der Waals surface area contributed by atoms with E-state index in [0.29, 0.717) is 68.9 Å². The molecule has 1 saturated heterocycles. The molecule has 2 N–H and O–H groups in total. The summed E-state index contributed by atoms with van der Waals surface area (Å²) >= 11 is 0. The highest BCUT2D eigenvalue weighted by molar-refractivity contribution is 5.96. The van der Waals surface area contributed by atoms with Gasteiger partial charge in [-0.05, 0) is 80.6 Å². The maximum absolute atomic E-state index is 13.4. The highest BCUT2D eigenvalue weighted by Crippen LogP contribution is 2.31. The zero-order valence-corrected chi connectivity index (χ0v) is 25.2. The molecule has 240 valence electrons. The number of imidazole rings is 1. The summed E-state index contributed by atoms with van der Waals surface area (Å²) in [5, 5.41) is 12.5. The first-order valence-corrected chi connectivity index (χ1v) is 15.2. The van der Waals surface area contributed by atoms with Crippen LogP contribution in [-0.2, 0) is 9.59 Å². The van der Waals surface area contributed by atoms with Gasteiger partial charge in [-0.3, -0.25) is 18.8 Å². The van der Waals surface area contributed by atoms with Gasteiger partial charge in [0.05, 0.1) is 17.8 Å². The van der Waals surface area contributed by atoms with E-state index in [1.165, 1.54) is 12.1 Å². The average molecular weight is 633 g/mol. The Kier molecular flexibility index (Phi) is 8.82. The van der Waals surface area contributed by atoms with Gasteiger partial charge < -0.3 is 25.0 Å². The lowest BCUT2D eigenvalue weighted by Crippen LogP contribution is -2.52. The van der Waals surface area contributed by atoms with Gasteiger partial charge in [0.2, 0.25) is 5.91 Å². The van der Waals surface area contributed by atoms with Gasteiger partial charge in [-0.25, -0.2) is 9.97 Å². The molecule has 1 aliphatic heterocycles. The van der Waals surface area contributed by atoms with Gasteiger partial charge in [-0.1, -0.05) is 0 Å². The molecule has 46 heavy (non-hydrogen) atoms. The Hall–Kier alpha value is -5.07. The van der Waals surface area contributed by atoms with E-state index in [-0.39, 0.29) is 29.4 Å². The van der Waals surface area contributed by atoms with Gasteiger partial charge in [0.15, 0.2) is 11.5 Å². The second-order valence-electron chi connectivity index (χ2n) is 11.7. The van der Waals surface area contributed by atoms with Gasteiger partial charge in [0.25, 0.3) is 5.91 Å². The molecule has 1 saturated carbocycles. The third-order valence-electron chi connectivity index (χ3n) is 8.83. The second-order valence-corrected chi connectivity index (χ2v) is 11.7. The SMILES string of the molecule is Cc1cc(Nc2nccn3c(-c4ccc(OC(F)F)cc4)cnc23)ccc1C(=O)N1CCN(C(=O)C2CCC(C(=O)O)CC2)CC1. The molecule has 0 radical (unpaired) electrons. The van der Waals surface area contributed by atoms with Crippen LogP contribution in [0.5, 0.6) is 5.75 Å². The lowest BCUT2D eigenvalue weighted by molar-refractivity contribution is -0.146. The first-order chi connectivity index (χ1) is 22.2. The maximum atomic E-state index is 13.4. The number of rotatable bonds is 8. The maximum Gasteiger partial charge on any atom is 0.387 e. The van der Waals surface area contributed by atoms with Crippen LogP contribution in [0.2, 0.25) is 0 Å². The number of aryl methyl sites for hydroxylation is 1. The van der Waals surface area contributed by atoms with E-state index < -0.39 is 12.6 Å². The Labute approximate surface area is 263 Å². The number of aromatic nitrogens is 3. The third kappa shape index (κ3) is 6.49. The smallest absolute Gasteiger partial charge is 0.387 e. The second kappa shape index (κ2) is 13.1. The topological polar surface area (TPSA) is 129 Å². The molecule has 2 fully saturated rings. The Morgan fingerprint density at radius 1 is 0.935 bits per heavy atom. The number of alkyl halides is 2. The van der Waals surface area contributed by atoms with Crippen LogP contribution in [0, 0.1) is 18.8 Å². The summed E-state index contributed by atoms with van der Waals surface area (Å²) in [5.41, 5.74) is 4.15. The van der Waals surface area contributed by atoms with Crippen molar-refractivity contribution in [2.75, 3.05) is 31.5 Å². The van der Waals surface area contributed by atoms with Gasteiger partial charge in [-0.2, -0.15) is 8.78 Å². The number of nitrogens with one attached hydrogen (secondary N) is 1. The van der Waals surface area contributed by atoms with E-state index in [1.807, 2.05) is 23.5 Å². The Morgan fingerprint density at radius 3 is 2.26 bits per heavy atom. The Bertz CT molecular complexity index is 1750. The van der Waals surface area contributed by atoms with E-state index >= 15 is 0 Å². The number of carboxylic acid groups (broad SMARTS) is 1. The molecule has 2 amide bonds. The summed E-state index contributed by atoms with van der Waals surface area (Å²) in [7, 11) is 0. The molecular weight excluding hydrogens is 598 g/mol. The van der Waals surface area contributed by atoms with Crippen LogP contribution in [0.4, 0.5) is 20.3 Å². The van der Waals surface area contributed by atoms with Gasteiger partial charge in [0, 0.05) is 61.3 Å². The molecule has 6 rings (SSSR count). The third-order valence-corrected chi connectivity index (χ3v) is 8.83. The fourth-order valence-corrected chi connectivity index (χ4v) is 6.29. The average Bonchev–Trinajstić information content (AvgIpc) is 3.50. The molecule has 0 bridgehead atoms. The number of aliphatic carboxylic acids is 1. The van der Waals surface area contributed by atoms with Crippen molar-refractivity contribution < 1.29 is 33.0 Å². The molecule has 1 aliphatic carbocycles. The number of carbonyl (C=O) groups is 3. The van der Waals surface area contributed by atoms with Crippen LogP contribution in [0.25, 0.3) is 16.9 Å². The lowest BCUT2D eigenvalue weighted by atomic mass is 9.81. The number of hydrogen-bond acceptors (Lipinski definition) is 7. The number of carboxylic acids is 1. The number of piperazine rings is 1. The fraction of sp³-hybridized carbons (Fsp3) is 0.364. The fourth-order valence-electron chi connectivity index (χ4n) is 6.29. The van der Waals surface area contributed by atoms with Crippen molar-refractivity contribution in [2.45, 2.75) is 39.2 Å². The van der Waals surface area contributed by atoms with Crippen LogP contribution in [0.3, 0.4) is 0 Å². The molecule has 2 aromatic carbocycles. The van der Waals surface area contributed by atoms with E-state index in [2.05, 4.69) is 20.0 Å². The summed E-state index contributed by atoms with van der Waals surface area (Å²) < 4.78 is 31.3. The van der Waals surface area contributed by atoms with Gasteiger partial charge in [-0.15, -0.1) is 0 Å². The van der Waals surface area contributed by atoms with Crippen LogP contribution in [0.1, 0.15) is 41.6 Å². The van der Waals surface area contributed by atoms with Crippen LogP contribution >= 0.6 is 0 Å². The monoisotopic (exact) mass is 632 g/mol. The van der Waals surface area contributed by atoms with E-state index in [9.17, 15) is 28.3 Å². The number of hydrogen-bond donors (Lipinski definition) is 2. The molecule has 2 aliphatic rings. The number of nitrogens with zero attached hydrogens (tertiary/aromatic N) is 5. The van der Waals surface area contributed by atoms with Crippen molar-refractivity contribution >= 4 is 34.9 Å². The van der Waals surface area contributed by atoms with Crippen molar-refractivity contribution in [3.8, 4) is 17.0 Å². The summed E-state index contributed by atoms with van der Waals surface area (Å²) in [5.74, 6) is -0.751. The van der Waals surface area contributed by atoms with Crippen LogP contribution in [-0.4, -0.2) is 79.8 Å². The zero-order chi connectivity index (χ0) is 32.4. The summed E-state index contributed by atoms with van der Waals surface area (Å²) in [4.78, 5) is 50.3. The zero-order valence-electron chi connectivity index (χ0n) is 25.2. The predicted molar refractivity (Wildman–Crippen MR) is 165 cm³/mol. The van der Waals surface area contributed by atoms with Crippen LogP contribution < -0.4 is 10.1 Å². The van der Waals surface area contributed by atoms with Crippen molar-refractivity contribution in [2.24, 2.45) is 11.8 Å². The molecule has 0 atom stereocenters. The molecule has 11 nitrogen and oxygen atoms in total. The lowest BCUT2D eigenvalue weighted by Gasteiger charge is -2.37. The number of benzene rings is 2. The van der Waals surface area contributed by atoms with Gasteiger partial charge in [0.1, 0.15) is 5.75 Å². The number of ether oxygens (including phenoxy) is 1. The molecule has 13 heteroatoms. The number of carbonyl (C=O) groups excluding carboxylic acids is 2. The van der Waals surface area contributed by atoms with Crippen molar-refractivity contribution in [1.29, 1.82) is 0 Å². The van der Waals surface area contributed by atoms with Crippen molar-refractivity contribution in [3.63, 3.8) is 0 Å². The minimum Gasteiger partial charge on any atom is -0.481 e. The minimum atomic E-state index is -2.89. The highest BCUT2D eigenvalue weighted by Gasteiger charge is 2.34. The molecule has 3 heterocycles. The Morgan fingerprint density at radius 2 is 1.61 bits per heavy atom. The number of fused-ring (bicyclic) bond motifs is 1. The number of halogens is 2. The molecule has 4 aromatic rings. The first kappa shape index (κ1) is 30.9. The normalized spacial score (nSPS) is 18.5. The quantitative estimate of drug-likeness (QED) is 0.270. The standard InChI is InChI=1S/C33H34F2N6O5/c1-20-18-24(38-28-29-37-19-27(41(29)13-12-36-28)21-6-9-25(10-7-21)46-33(34)35)8-11-26(20)31(43)40-16-14-39(15-17-40)30(42)22-2-4-23(5-3-22)32(44)45/h6-13,18-19,22-23,33H,2-5,14-17H2,1H3,(H,36,38)(H,44,45). The van der Waals surface area contributed by atoms with Gasteiger partial charge >= 0.3 is 12.6 Å². The summed E-state index contributed by atoms with van der Waals surface area (Å²) in [6.45, 7) is 0.759. The van der Waals surface area contributed by atoms with Crippen LogP contribution in [0.15, 0.2) is 61.1 Å². The van der Waals surface area contributed by atoms with E-state index in [1.54, 1.807) is 46.6 Å². The largest absolute Gasteiger partial charge is 0.481 e. The number of anilines is 2. The molecule has 2 aromatic heterocycles. The summed E-state index contributed by atoms with van der Waals surface area (Å²) in [6.07, 6.45) is 7.31. The van der Waals surface area contributed by atoms with E-state index in [0.717, 1.165) is 22.5 Å². The van der Waals surface area contributed by atoms with Crippen molar-refractivity contribution in [1.82, 2.24) is 24.2 Å². The highest BCUT2D eigenvalue weighted by atomic mass is 19.3. The van der Waals surface area contributed by atoms with E-state index in [4.69, 9.17) is 0 Å². The number of amides is 2. The minimum absolute atomic E-state index is 0.0631. The first-order valence-electron chi connectivity index (χ1n) is 15.2.